The van der Waals surface area contributed by atoms with Gasteiger partial charge >= 0.3 is 0 Å². The average molecular weight is 453 g/mol. The van der Waals surface area contributed by atoms with Crippen molar-refractivity contribution in [2.75, 3.05) is 24.2 Å². The van der Waals surface area contributed by atoms with Crippen LogP contribution in [0.3, 0.4) is 0 Å². The maximum Gasteiger partial charge on any atom is 0.271 e. The molecule has 0 bridgehead atoms. The van der Waals surface area contributed by atoms with Gasteiger partial charge in [0, 0.05) is 38.4 Å². The first kappa shape index (κ1) is 23.6. The Bertz CT molecular complexity index is 945. The van der Waals surface area contributed by atoms with E-state index >= 15 is 0 Å². The fraction of sp³-hybridized carbons (Fsp3) is 0.300. The SMILES string of the molecule is CC(=O)N(c1cc([N+](=O)[O-])ccc1F)C1CSC(=NCCc2ccccc2)N1C.Cl. The molecule has 3 rings (SSSR count). The van der Waals surface area contributed by atoms with Crippen LogP contribution in [-0.4, -0.2) is 46.4 Å². The third-order valence-electron chi connectivity index (χ3n) is 4.64. The first-order valence-corrected chi connectivity index (χ1v) is 10.0. The second kappa shape index (κ2) is 10.4. The maximum absolute atomic E-state index is 14.4. The number of amides is 1. The Hall–Kier alpha value is -2.65. The molecule has 1 amide bonds. The average Bonchev–Trinajstić information content (AvgIpc) is 3.04. The summed E-state index contributed by atoms with van der Waals surface area (Å²) in [5.41, 5.74) is 0.815. The molecule has 2 aromatic rings. The lowest BCUT2D eigenvalue weighted by Gasteiger charge is -2.32. The summed E-state index contributed by atoms with van der Waals surface area (Å²) < 4.78 is 14.4. The summed E-state index contributed by atoms with van der Waals surface area (Å²) in [6, 6.07) is 13.2. The van der Waals surface area contributed by atoms with E-state index in [1.54, 1.807) is 7.05 Å². The molecule has 10 heteroatoms. The van der Waals surface area contributed by atoms with Crippen molar-refractivity contribution in [3.63, 3.8) is 0 Å². The zero-order valence-corrected chi connectivity index (χ0v) is 18.2. The summed E-state index contributed by atoms with van der Waals surface area (Å²) in [6.07, 6.45) is 0.309. The van der Waals surface area contributed by atoms with Gasteiger partial charge in [0.05, 0.1) is 10.6 Å². The number of nitro benzene ring substituents is 1. The Morgan fingerprint density at radius 2 is 2.03 bits per heavy atom. The van der Waals surface area contributed by atoms with E-state index in [1.165, 1.54) is 29.1 Å². The molecule has 0 aromatic heterocycles. The van der Waals surface area contributed by atoms with Crippen molar-refractivity contribution in [3.8, 4) is 0 Å². The summed E-state index contributed by atoms with van der Waals surface area (Å²) in [4.78, 5) is 30.5. The van der Waals surface area contributed by atoms with Crippen molar-refractivity contribution >= 4 is 46.6 Å². The Morgan fingerprint density at radius 1 is 1.33 bits per heavy atom. The number of benzene rings is 2. The molecule has 0 aliphatic carbocycles. The van der Waals surface area contributed by atoms with Crippen molar-refractivity contribution in [2.45, 2.75) is 19.5 Å². The molecule has 1 atom stereocenters. The molecular formula is C20H22ClFN4O3S. The van der Waals surface area contributed by atoms with Crippen LogP contribution >= 0.6 is 24.2 Å². The lowest BCUT2D eigenvalue weighted by molar-refractivity contribution is -0.384. The number of nitro groups is 1. The van der Waals surface area contributed by atoms with Gasteiger partial charge in [-0.1, -0.05) is 42.1 Å². The quantitative estimate of drug-likeness (QED) is 0.486. The molecule has 7 nitrogen and oxygen atoms in total. The number of nitrogens with zero attached hydrogens (tertiary/aromatic N) is 4. The number of rotatable bonds is 6. The second-order valence-electron chi connectivity index (χ2n) is 6.58. The minimum atomic E-state index is -0.682. The van der Waals surface area contributed by atoms with Crippen molar-refractivity contribution in [1.82, 2.24) is 4.90 Å². The Morgan fingerprint density at radius 3 is 2.67 bits per heavy atom. The number of halogens is 2. The zero-order chi connectivity index (χ0) is 21.0. The van der Waals surface area contributed by atoms with E-state index < -0.39 is 22.8 Å². The van der Waals surface area contributed by atoms with Crippen LogP contribution in [0.25, 0.3) is 0 Å². The lowest BCUT2D eigenvalue weighted by Crippen LogP contribution is -2.48. The van der Waals surface area contributed by atoms with Crippen molar-refractivity contribution in [3.05, 3.63) is 70.0 Å². The molecule has 1 saturated heterocycles. The number of carbonyl (C=O) groups is 1. The molecule has 2 aromatic carbocycles. The topological polar surface area (TPSA) is 79.0 Å². The normalized spacial score (nSPS) is 17.0. The number of carbonyl (C=O) groups excluding carboxylic acids is 1. The predicted octanol–water partition coefficient (Wildman–Crippen LogP) is 4.11. The Labute approximate surface area is 184 Å². The Balaban J connectivity index is 0.00000320. The maximum atomic E-state index is 14.4. The lowest BCUT2D eigenvalue weighted by atomic mass is 10.2. The van der Waals surface area contributed by atoms with E-state index in [9.17, 15) is 19.3 Å². The molecule has 1 aliphatic rings. The standard InChI is InChI=1S/C20H21FN4O3S.ClH/c1-14(26)24(18-12-16(25(27)28)8-9-17(18)21)19-13-29-20(23(19)2)22-11-10-15-6-4-3-5-7-15;/h3-9,12,19H,10-11,13H2,1-2H3;1H. The van der Waals surface area contributed by atoms with E-state index in [0.717, 1.165) is 29.8 Å². The van der Waals surface area contributed by atoms with Crippen LogP contribution in [0.1, 0.15) is 12.5 Å². The molecule has 1 aliphatic heterocycles. The van der Waals surface area contributed by atoms with Gasteiger partial charge in [-0.15, -0.1) is 12.4 Å². The summed E-state index contributed by atoms with van der Waals surface area (Å²) >= 11 is 1.48. The van der Waals surface area contributed by atoms with Gasteiger partial charge in [0.25, 0.3) is 5.69 Å². The van der Waals surface area contributed by atoms with Crippen LogP contribution in [0, 0.1) is 15.9 Å². The number of thioether (sulfide) groups is 1. The number of hydrogen-bond acceptors (Lipinski definition) is 5. The van der Waals surface area contributed by atoms with E-state index in [-0.39, 0.29) is 23.8 Å². The smallest absolute Gasteiger partial charge is 0.271 e. The van der Waals surface area contributed by atoms with Crippen LogP contribution in [0.15, 0.2) is 53.5 Å². The van der Waals surface area contributed by atoms with Gasteiger partial charge in [-0.05, 0) is 18.1 Å². The van der Waals surface area contributed by atoms with Crippen LogP contribution < -0.4 is 4.90 Å². The van der Waals surface area contributed by atoms with Crippen LogP contribution in [0.4, 0.5) is 15.8 Å². The molecular weight excluding hydrogens is 431 g/mol. The van der Waals surface area contributed by atoms with Gasteiger partial charge in [-0.2, -0.15) is 0 Å². The molecule has 1 fully saturated rings. The first-order chi connectivity index (χ1) is 13.9. The molecule has 0 N–H and O–H groups in total. The highest BCUT2D eigenvalue weighted by atomic mass is 35.5. The van der Waals surface area contributed by atoms with Crippen LogP contribution in [0.2, 0.25) is 0 Å². The fourth-order valence-corrected chi connectivity index (χ4v) is 4.34. The number of hydrogen-bond donors (Lipinski definition) is 0. The second-order valence-corrected chi connectivity index (χ2v) is 7.57. The molecule has 0 spiro atoms. The molecule has 1 unspecified atom stereocenters. The highest BCUT2D eigenvalue weighted by Gasteiger charge is 2.36. The summed E-state index contributed by atoms with van der Waals surface area (Å²) in [7, 11) is 1.79. The van der Waals surface area contributed by atoms with Gasteiger partial charge in [0.1, 0.15) is 12.0 Å². The summed E-state index contributed by atoms with van der Waals surface area (Å²) in [5.74, 6) is -0.589. The van der Waals surface area contributed by atoms with Gasteiger partial charge in [0.2, 0.25) is 5.91 Å². The highest BCUT2D eigenvalue weighted by Crippen LogP contribution is 2.32. The van der Waals surface area contributed by atoms with Gasteiger partial charge < -0.3 is 4.90 Å². The fourth-order valence-electron chi connectivity index (χ4n) is 3.16. The van der Waals surface area contributed by atoms with Crippen LogP contribution in [0.5, 0.6) is 0 Å². The molecule has 160 valence electrons. The molecule has 0 radical (unpaired) electrons. The summed E-state index contributed by atoms with van der Waals surface area (Å²) in [5, 5.41) is 11.8. The predicted molar refractivity (Wildman–Crippen MR) is 120 cm³/mol. The third-order valence-corrected chi connectivity index (χ3v) is 5.78. The first-order valence-electron chi connectivity index (χ1n) is 9.06. The monoisotopic (exact) mass is 452 g/mol. The van der Waals surface area contributed by atoms with Gasteiger partial charge in [-0.25, -0.2) is 4.39 Å². The molecule has 1 heterocycles. The van der Waals surface area contributed by atoms with E-state index in [4.69, 9.17) is 0 Å². The van der Waals surface area contributed by atoms with E-state index in [1.807, 2.05) is 35.2 Å². The number of amidine groups is 1. The van der Waals surface area contributed by atoms with Gasteiger partial charge in [-0.3, -0.25) is 24.8 Å². The number of aliphatic imine (C=N–C) groups is 1. The number of non-ortho nitro benzene ring substituents is 1. The minimum absolute atomic E-state index is 0. The molecule has 30 heavy (non-hydrogen) atoms. The minimum Gasteiger partial charge on any atom is -0.333 e. The van der Waals surface area contributed by atoms with E-state index in [0.29, 0.717) is 12.3 Å². The highest BCUT2D eigenvalue weighted by molar-refractivity contribution is 8.14. The zero-order valence-electron chi connectivity index (χ0n) is 16.5. The molecule has 0 saturated carbocycles. The third kappa shape index (κ3) is 5.28. The van der Waals surface area contributed by atoms with Crippen LogP contribution in [-0.2, 0) is 11.2 Å². The van der Waals surface area contributed by atoms with Crippen molar-refractivity contribution < 1.29 is 14.1 Å². The largest absolute Gasteiger partial charge is 0.333 e. The summed E-state index contributed by atoms with van der Waals surface area (Å²) in [6.45, 7) is 1.91. The Kier molecular flexibility index (Phi) is 8.19. The number of anilines is 1. The van der Waals surface area contributed by atoms with Crippen molar-refractivity contribution in [1.29, 1.82) is 0 Å². The van der Waals surface area contributed by atoms with E-state index in [2.05, 4.69) is 4.99 Å². The van der Waals surface area contributed by atoms with Crippen molar-refractivity contribution in [2.24, 2.45) is 4.99 Å². The van der Waals surface area contributed by atoms with Gasteiger partial charge in [0.15, 0.2) is 5.17 Å².